The number of hydrogen-bond acceptors (Lipinski definition) is 4. The number of ether oxygens (including phenoxy) is 1. The molecule has 1 aromatic heterocycles. The number of carboxylic acid groups (broad SMARTS) is 1. The zero-order valence-corrected chi connectivity index (χ0v) is 12.0. The first-order valence-electron chi connectivity index (χ1n) is 7.20. The molecule has 1 heterocycles. The van der Waals surface area contributed by atoms with Crippen molar-refractivity contribution < 1.29 is 19.1 Å². The lowest BCUT2D eigenvalue weighted by atomic mass is 10.1. The molecule has 2 aromatic rings. The summed E-state index contributed by atoms with van der Waals surface area (Å²) >= 11 is 0. The van der Waals surface area contributed by atoms with Crippen LogP contribution >= 0.6 is 0 Å². The molecule has 5 heteroatoms. The smallest absolute Gasteiger partial charge is 0.372 e. The number of fused-ring (bicyclic) bond motifs is 1. The van der Waals surface area contributed by atoms with Crippen LogP contribution in [-0.4, -0.2) is 30.3 Å². The SMILES string of the molecule is COC1CCCC1NCc1c(C(=O)O)oc2ccccc12. The highest BCUT2D eigenvalue weighted by atomic mass is 16.5. The number of carbonyl (C=O) groups is 1. The summed E-state index contributed by atoms with van der Waals surface area (Å²) in [5.41, 5.74) is 1.32. The van der Waals surface area contributed by atoms with Gasteiger partial charge < -0.3 is 19.6 Å². The van der Waals surface area contributed by atoms with E-state index in [4.69, 9.17) is 9.15 Å². The Morgan fingerprint density at radius 2 is 2.24 bits per heavy atom. The van der Waals surface area contributed by atoms with Crippen LogP contribution in [0.3, 0.4) is 0 Å². The molecule has 1 aliphatic carbocycles. The van der Waals surface area contributed by atoms with Gasteiger partial charge in [0, 0.05) is 30.6 Å². The molecule has 21 heavy (non-hydrogen) atoms. The Kier molecular flexibility index (Phi) is 3.94. The second-order valence-electron chi connectivity index (χ2n) is 5.40. The Morgan fingerprint density at radius 3 is 3.00 bits per heavy atom. The third kappa shape index (κ3) is 2.66. The van der Waals surface area contributed by atoms with Gasteiger partial charge in [0.2, 0.25) is 5.76 Å². The standard InChI is InChI=1S/C16H19NO4/c1-20-14-8-4-6-12(14)17-9-11-10-5-2-3-7-13(10)21-15(11)16(18)19/h2-3,5,7,12,14,17H,4,6,8-9H2,1H3,(H,18,19). The molecular formula is C16H19NO4. The van der Waals surface area contributed by atoms with Crippen LogP contribution in [0.25, 0.3) is 11.0 Å². The molecule has 0 bridgehead atoms. The van der Waals surface area contributed by atoms with E-state index in [1.807, 2.05) is 18.2 Å². The summed E-state index contributed by atoms with van der Waals surface area (Å²) in [4.78, 5) is 11.4. The summed E-state index contributed by atoms with van der Waals surface area (Å²) in [5.74, 6) is -1.01. The molecule has 0 radical (unpaired) electrons. The summed E-state index contributed by atoms with van der Waals surface area (Å²) < 4.78 is 10.9. The molecule has 112 valence electrons. The van der Waals surface area contributed by atoms with Crippen molar-refractivity contribution in [2.24, 2.45) is 0 Å². The highest BCUT2D eigenvalue weighted by Gasteiger charge is 2.28. The van der Waals surface area contributed by atoms with E-state index in [1.165, 1.54) is 0 Å². The zero-order valence-electron chi connectivity index (χ0n) is 12.0. The number of nitrogens with one attached hydrogen (secondary N) is 1. The Morgan fingerprint density at radius 1 is 1.43 bits per heavy atom. The van der Waals surface area contributed by atoms with Gasteiger partial charge in [0.1, 0.15) is 5.58 Å². The first kappa shape index (κ1) is 14.1. The first-order chi connectivity index (χ1) is 10.2. The van der Waals surface area contributed by atoms with Gasteiger partial charge in [-0.3, -0.25) is 0 Å². The number of methoxy groups -OCH3 is 1. The van der Waals surface area contributed by atoms with E-state index in [-0.39, 0.29) is 17.9 Å². The maximum Gasteiger partial charge on any atom is 0.372 e. The van der Waals surface area contributed by atoms with Crippen LogP contribution in [0.1, 0.15) is 35.4 Å². The van der Waals surface area contributed by atoms with Crippen molar-refractivity contribution in [1.82, 2.24) is 5.32 Å². The van der Waals surface area contributed by atoms with Gasteiger partial charge in [-0.2, -0.15) is 0 Å². The number of hydrogen-bond donors (Lipinski definition) is 2. The van der Waals surface area contributed by atoms with E-state index < -0.39 is 5.97 Å². The van der Waals surface area contributed by atoms with Crippen molar-refractivity contribution in [2.75, 3.05) is 7.11 Å². The van der Waals surface area contributed by atoms with Crippen molar-refractivity contribution in [2.45, 2.75) is 38.0 Å². The Hall–Kier alpha value is -1.85. The Balaban J connectivity index is 1.85. The quantitative estimate of drug-likeness (QED) is 0.885. The van der Waals surface area contributed by atoms with Gasteiger partial charge in [0.15, 0.2) is 0 Å². The number of rotatable bonds is 5. The molecule has 2 N–H and O–H groups in total. The van der Waals surface area contributed by atoms with Crippen LogP contribution in [-0.2, 0) is 11.3 Å². The average molecular weight is 289 g/mol. The number of aromatic carboxylic acids is 1. The molecular weight excluding hydrogens is 270 g/mol. The van der Waals surface area contributed by atoms with Crippen molar-refractivity contribution in [1.29, 1.82) is 0 Å². The number of furan rings is 1. The lowest BCUT2D eigenvalue weighted by molar-refractivity contribution is 0.0662. The molecule has 1 aliphatic rings. The predicted octanol–water partition coefficient (Wildman–Crippen LogP) is 2.79. The first-order valence-corrected chi connectivity index (χ1v) is 7.20. The molecule has 0 saturated heterocycles. The van der Waals surface area contributed by atoms with E-state index in [1.54, 1.807) is 13.2 Å². The van der Waals surface area contributed by atoms with Gasteiger partial charge in [-0.15, -0.1) is 0 Å². The fourth-order valence-electron chi connectivity index (χ4n) is 3.12. The van der Waals surface area contributed by atoms with E-state index in [0.29, 0.717) is 17.7 Å². The van der Waals surface area contributed by atoms with Crippen LogP contribution in [0, 0.1) is 0 Å². The normalized spacial score (nSPS) is 22.0. The van der Waals surface area contributed by atoms with Gasteiger partial charge in [0.25, 0.3) is 0 Å². The van der Waals surface area contributed by atoms with Crippen LogP contribution in [0.15, 0.2) is 28.7 Å². The van der Waals surface area contributed by atoms with Gasteiger partial charge >= 0.3 is 5.97 Å². The second kappa shape index (κ2) is 5.87. The maximum atomic E-state index is 11.4. The predicted molar refractivity (Wildman–Crippen MR) is 78.4 cm³/mol. The fraction of sp³-hybridized carbons (Fsp3) is 0.438. The van der Waals surface area contributed by atoms with Crippen molar-refractivity contribution >= 4 is 16.9 Å². The highest BCUT2D eigenvalue weighted by Crippen LogP contribution is 2.27. The van der Waals surface area contributed by atoms with Gasteiger partial charge in [0.05, 0.1) is 6.10 Å². The van der Waals surface area contributed by atoms with Crippen LogP contribution in [0.2, 0.25) is 0 Å². The topological polar surface area (TPSA) is 71.7 Å². The minimum absolute atomic E-state index is 0.0238. The molecule has 0 amide bonds. The van der Waals surface area contributed by atoms with Crippen LogP contribution < -0.4 is 5.32 Å². The summed E-state index contributed by atoms with van der Waals surface area (Å²) in [5, 5.41) is 13.6. The third-order valence-electron chi connectivity index (χ3n) is 4.19. The molecule has 3 rings (SSSR count). The third-order valence-corrected chi connectivity index (χ3v) is 4.19. The van der Waals surface area contributed by atoms with Gasteiger partial charge in [-0.25, -0.2) is 4.79 Å². The molecule has 0 spiro atoms. The summed E-state index contributed by atoms with van der Waals surface area (Å²) in [6.07, 6.45) is 3.44. The van der Waals surface area contributed by atoms with E-state index in [2.05, 4.69) is 5.32 Å². The molecule has 0 aliphatic heterocycles. The van der Waals surface area contributed by atoms with Crippen molar-refractivity contribution in [3.8, 4) is 0 Å². The molecule has 1 aromatic carbocycles. The minimum Gasteiger partial charge on any atom is -0.475 e. The summed E-state index contributed by atoms with van der Waals surface area (Å²) in [6.45, 7) is 0.475. The highest BCUT2D eigenvalue weighted by molar-refractivity contribution is 5.95. The molecule has 2 atom stereocenters. The van der Waals surface area contributed by atoms with E-state index in [9.17, 15) is 9.90 Å². The summed E-state index contributed by atoms with van der Waals surface area (Å²) in [7, 11) is 1.72. The monoisotopic (exact) mass is 289 g/mol. The van der Waals surface area contributed by atoms with E-state index in [0.717, 1.165) is 24.6 Å². The van der Waals surface area contributed by atoms with Gasteiger partial charge in [-0.05, 0) is 25.3 Å². The number of carboxylic acids is 1. The molecule has 2 unspecified atom stereocenters. The lowest BCUT2D eigenvalue weighted by Crippen LogP contribution is -2.36. The number of benzene rings is 1. The fourth-order valence-corrected chi connectivity index (χ4v) is 3.12. The van der Waals surface area contributed by atoms with Crippen molar-refractivity contribution in [3.05, 3.63) is 35.6 Å². The zero-order chi connectivity index (χ0) is 14.8. The number of para-hydroxylation sites is 1. The largest absolute Gasteiger partial charge is 0.475 e. The molecule has 1 fully saturated rings. The molecule has 1 saturated carbocycles. The average Bonchev–Trinajstić information content (AvgIpc) is 3.08. The second-order valence-corrected chi connectivity index (χ2v) is 5.40. The minimum atomic E-state index is -1.03. The Bertz CT molecular complexity index is 649. The van der Waals surface area contributed by atoms with E-state index >= 15 is 0 Å². The van der Waals surface area contributed by atoms with Gasteiger partial charge in [-0.1, -0.05) is 18.2 Å². The van der Waals surface area contributed by atoms with Crippen LogP contribution in [0.5, 0.6) is 0 Å². The molecule has 5 nitrogen and oxygen atoms in total. The van der Waals surface area contributed by atoms with Crippen LogP contribution in [0.4, 0.5) is 0 Å². The Labute approximate surface area is 122 Å². The maximum absolute atomic E-state index is 11.4. The van der Waals surface area contributed by atoms with Crippen molar-refractivity contribution in [3.63, 3.8) is 0 Å². The summed E-state index contributed by atoms with van der Waals surface area (Å²) in [6, 6.07) is 7.68. The lowest BCUT2D eigenvalue weighted by Gasteiger charge is -2.19.